The fourth-order valence-corrected chi connectivity index (χ4v) is 5.45. The summed E-state index contributed by atoms with van der Waals surface area (Å²) in [6, 6.07) is 9.54. The van der Waals surface area contributed by atoms with Crippen LogP contribution in [-0.4, -0.2) is 22.0 Å². The van der Waals surface area contributed by atoms with Gasteiger partial charge in [-0.1, -0.05) is 18.2 Å². The average molecular weight is 322 g/mol. The van der Waals surface area contributed by atoms with Crippen LogP contribution < -0.4 is 9.62 Å². The van der Waals surface area contributed by atoms with Crippen LogP contribution in [0.15, 0.2) is 40.6 Å². The second kappa shape index (κ2) is 5.79. The molecule has 0 bridgehead atoms. The number of thiophene rings is 1. The summed E-state index contributed by atoms with van der Waals surface area (Å²) in [5.74, 6) is 0. The first kappa shape index (κ1) is 14.6. The Kier molecular flexibility index (Phi) is 4.01. The van der Waals surface area contributed by atoms with Crippen LogP contribution in [0.2, 0.25) is 0 Å². The number of hydrogen-bond acceptors (Lipinski definition) is 4. The Morgan fingerprint density at radius 3 is 2.95 bits per heavy atom. The quantitative estimate of drug-likeness (QED) is 0.941. The van der Waals surface area contributed by atoms with E-state index in [1.54, 1.807) is 15.8 Å². The second-order valence-corrected chi connectivity index (χ2v) is 7.95. The summed E-state index contributed by atoms with van der Waals surface area (Å²) in [6.07, 6.45) is 1.81. The molecule has 1 N–H and O–H groups in total. The molecular formula is C15H18N2O2S2. The Morgan fingerprint density at radius 2 is 2.14 bits per heavy atom. The Morgan fingerprint density at radius 1 is 1.33 bits per heavy atom. The maximum absolute atomic E-state index is 12.9. The molecule has 112 valence electrons. The number of fused-ring (bicyclic) bond motifs is 1. The van der Waals surface area contributed by atoms with Gasteiger partial charge in [-0.05, 0) is 37.6 Å². The standard InChI is InChI=1S/C15H18N2O2S2/c1-16-10-13-9-14(11-20-13)21(18,19)17-8-4-6-12-5-2-3-7-15(12)17/h2-3,5,7,9,11,16H,4,6,8,10H2,1H3. The highest BCUT2D eigenvalue weighted by Crippen LogP contribution is 2.33. The predicted molar refractivity (Wildman–Crippen MR) is 86.4 cm³/mol. The fraction of sp³-hybridized carbons (Fsp3) is 0.333. The van der Waals surface area contributed by atoms with Crippen LogP contribution in [0.3, 0.4) is 0 Å². The summed E-state index contributed by atoms with van der Waals surface area (Å²) >= 11 is 1.48. The molecule has 0 spiro atoms. The first-order valence-corrected chi connectivity index (χ1v) is 9.27. The van der Waals surface area contributed by atoms with Gasteiger partial charge < -0.3 is 5.32 Å². The molecule has 4 nitrogen and oxygen atoms in total. The lowest BCUT2D eigenvalue weighted by Gasteiger charge is -2.30. The molecule has 21 heavy (non-hydrogen) atoms. The van der Waals surface area contributed by atoms with E-state index in [-0.39, 0.29) is 0 Å². The number of hydrogen-bond donors (Lipinski definition) is 1. The number of benzene rings is 1. The molecule has 0 unspecified atom stereocenters. The van der Waals surface area contributed by atoms with Crippen LogP contribution in [0.1, 0.15) is 16.9 Å². The summed E-state index contributed by atoms with van der Waals surface area (Å²) in [5, 5.41) is 4.78. The highest BCUT2D eigenvalue weighted by molar-refractivity contribution is 7.93. The molecule has 2 heterocycles. The van der Waals surface area contributed by atoms with Crippen LogP contribution in [0.4, 0.5) is 5.69 Å². The lowest BCUT2D eigenvalue weighted by molar-refractivity contribution is 0.587. The van der Waals surface area contributed by atoms with Gasteiger partial charge in [-0.2, -0.15) is 0 Å². The lowest BCUT2D eigenvalue weighted by atomic mass is 10.0. The minimum Gasteiger partial charge on any atom is -0.315 e. The minimum absolute atomic E-state index is 0.398. The van der Waals surface area contributed by atoms with Gasteiger partial charge in [-0.3, -0.25) is 4.31 Å². The van der Waals surface area contributed by atoms with E-state index in [1.165, 1.54) is 11.3 Å². The van der Waals surface area contributed by atoms with E-state index < -0.39 is 10.0 Å². The smallest absolute Gasteiger partial charge is 0.265 e. The third-order valence-corrected chi connectivity index (χ3v) is 6.51. The maximum Gasteiger partial charge on any atom is 0.265 e. The first-order chi connectivity index (χ1) is 10.1. The fourth-order valence-electron chi connectivity index (χ4n) is 2.64. The SMILES string of the molecule is CNCc1cc(S(=O)(=O)N2CCCc3ccccc32)cs1. The van der Waals surface area contributed by atoms with E-state index in [0.29, 0.717) is 18.0 Å². The van der Waals surface area contributed by atoms with Gasteiger partial charge in [0.15, 0.2) is 0 Å². The summed E-state index contributed by atoms with van der Waals surface area (Å²) < 4.78 is 27.3. The van der Waals surface area contributed by atoms with Crippen molar-refractivity contribution in [3.63, 3.8) is 0 Å². The van der Waals surface area contributed by atoms with Crippen molar-refractivity contribution in [3.8, 4) is 0 Å². The molecule has 0 amide bonds. The van der Waals surface area contributed by atoms with Gasteiger partial charge in [-0.25, -0.2) is 8.42 Å². The van der Waals surface area contributed by atoms with E-state index in [0.717, 1.165) is 29.0 Å². The molecule has 1 aromatic carbocycles. The van der Waals surface area contributed by atoms with Crippen molar-refractivity contribution < 1.29 is 8.42 Å². The molecular weight excluding hydrogens is 304 g/mol. The highest BCUT2D eigenvalue weighted by atomic mass is 32.2. The number of aryl methyl sites for hydroxylation is 1. The van der Waals surface area contributed by atoms with Crippen LogP contribution >= 0.6 is 11.3 Å². The Bertz CT molecular complexity index is 738. The van der Waals surface area contributed by atoms with E-state index in [2.05, 4.69) is 5.32 Å². The summed E-state index contributed by atoms with van der Waals surface area (Å²) in [7, 11) is -1.60. The van der Waals surface area contributed by atoms with Crippen LogP contribution in [0.25, 0.3) is 0 Å². The molecule has 0 aliphatic carbocycles. The zero-order chi connectivity index (χ0) is 14.9. The van der Waals surface area contributed by atoms with Gasteiger partial charge in [0.1, 0.15) is 0 Å². The Labute approximate surface area is 129 Å². The first-order valence-electron chi connectivity index (χ1n) is 6.95. The number of nitrogens with one attached hydrogen (secondary N) is 1. The lowest BCUT2D eigenvalue weighted by Crippen LogP contribution is -2.35. The number of para-hydroxylation sites is 1. The summed E-state index contributed by atoms with van der Waals surface area (Å²) in [4.78, 5) is 1.43. The summed E-state index contributed by atoms with van der Waals surface area (Å²) in [6.45, 7) is 1.24. The van der Waals surface area contributed by atoms with E-state index >= 15 is 0 Å². The largest absolute Gasteiger partial charge is 0.315 e. The maximum atomic E-state index is 12.9. The van der Waals surface area contributed by atoms with Crippen LogP contribution in [0.5, 0.6) is 0 Å². The molecule has 1 aromatic heterocycles. The number of rotatable bonds is 4. The normalized spacial score (nSPS) is 15.0. The van der Waals surface area contributed by atoms with Gasteiger partial charge in [0, 0.05) is 23.3 Å². The number of anilines is 1. The van der Waals surface area contributed by atoms with Crippen molar-refractivity contribution in [3.05, 3.63) is 46.2 Å². The second-order valence-electron chi connectivity index (χ2n) is 5.09. The summed E-state index contributed by atoms with van der Waals surface area (Å²) in [5.41, 5.74) is 1.93. The molecule has 0 fully saturated rings. The average Bonchev–Trinajstić information content (AvgIpc) is 2.96. The number of nitrogens with zero attached hydrogens (tertiary/aromatic N) is 1. The predicted octanol–water partition coefficient (Wildman–Crippen LogP) is 2.61. The molecule has 3 rings (SSSR count). The molecule has 1 aliphatic rings. The van der Waals surface area contributed by atoms with E-state index in [1.807, 2.05) is 31.3 Å². The van der Waals surface area contributed by atoms with Gasteiger partial charge in [0.05, 0.1) is 10.6 Å². The van der Waals surface area contributed by atoms with Crippen molar-refractivity contribution in [1.82, 2.24) is 5.32 Å². The molecule has 0 radical (unpaired) electrons. The Hall–Kier alpha value is -1.37. The molecule has 0 saturated carbocycles. The van der Waals surface area contributed by atoms with Gasteiger partial charge in [0.25, 0.3) is 10.0 Å². The van der Waals surface area contributed by atoms with E-state index in [9.17, 15) is 8.42 Å². The van der Waals surface area contributed by atoms with Gasteiger partial charge in [0.2, 0.25) is 0 Å². The molecule has 1 aliphatic heterocycles. The van der Waals surface area contributed by atoms with Crippen molar-refractivity contribution in [2.24, 2.45) is 0 Å². The minimum atomic E-state index is -3.46. The van der Waals surface area contributed by atoms with Gasteiger partial charge >= 0.3 is 0 Å². The van der Waals surface area contributed by atoms with Crippen molar-refractivity contribution >= 4 is 27.0 Å². The van der Waals surface area contributed by atoms with Gasteiger partial charge in [-0.15, -0.1) is 11.3 Å². The monoisotopic (exact) mass is 322 g/mol. The Balaban J connectivity index is 1.99. The zero-order valence-corrected chi connectivity index (χ0v) is 13.5. The third kappa shape index (κ3) is 2.71. The topological polar surface area (TPSA) is 49.4 Å². The van der Waals surface area contributed by atoms with Crippen LogP contribution in [-0.2, 0) is 23.0 Å². The van der Waals surface area contributed by atoms with E-state index in [4.69, 9.17) is 0 Å². The van der Waals surface area contributed by atoms with Crippen LogP contribution in [0, 0.1) is 0 Å². The highest BCUT2D eigenvalue weighted by Gasteiger charge is 2.29. The zero-order valence-electron chi connectivity index (χ0n) is 11.9. The molecule has 0 atom stereocenters. The molecule has 0 saturated heterocycles. The molecule has 2 aromatic rings. The van der Waals surface area contributed by atoms with Crippen molar-refractivity contribution in [2.75, 3.05) is 17.9 Å². The molecule has 6 heteroatoms. The number of sulfonamides is 1. The van der Waals surface area contributed by atoms with Crippen molar-refractivity contribution in [1.29, 1.82) is 0 Å². The third-order valence-electron chi connectivity index (χ3n) is 3.64. The van der Waals surface area contributed by atoms with Crippen molar-refractivity contribution in [2.45, 2.75) is 24.3 Å².